The largest absolute Gasteiger partial charge is 0.288 e. The molecule has 1 unspecified atom stereocenters. The number of carbonyl (C=O) groups excluding carboxylic acids is 2. The predicted molar refractivity (Wildman–Crippen MR) is 81.4 cm³/mol. The van der Waals surface area contributed by atoms with Gasteiger partial charge in [0.05, 0.1) is 16.0 Å². The Balaban J connectivity index is 1.72. The average Bonchev–Trinajstić information content (AvgIpc) is 2.77. The van der Waals surface area contributed by atoms with Crippen molar-refractivity contribution < 1.29 is 23.1 Å². The number of benzene rings is 2. The highest BCUT2D eigenvalue weighted by Crippen LogP contribution is 2.24. The van der Waals surface area contributed by atoms with E-state index in [-0.39, 0.29) is 11.1 Å². The van der Waals surface area contributed by atoms with Gasteiger partial charge in [-0.25, -0.2) is 4.21 Å². The molecule has 3 rings (SSSR count). The highest BCUT2D eigenvalue weighted by atomic mass is 32.2. The lowest BCUT2D eigenvalue weighted by Gasteiger charge is -2.10. The van der Waals surface area contributed by atoms with Crippen molar-refractivity contribution in [1.82, 2.24) is 5.06 Å². The zero-order valence-corrected chi connectivity index (χ0v) is 13.3. The van der Waals surface area contributed by atoms with E-state index in [1.807, 2.05) is 13.8 Å². The van der Waals surface area contributed by atoms with Gasteiger partial charge in [0.25, 0.3) is 11.8 Å². The first-order chi connectivity index (χ1) is 11.0. The molecule has 0 fully saturated rings. The molecule has 2 amide bonds. The van der Waals surface area contributed by atoms with E-state index < -0.39 is 22.9 Å². The van der Waals surface area contributed by atoms with Gasteiger partial charge in [-0.15, -0.1) is 9.40 Å². The van der Waals surface area contributed by atoms with Crippen molar-refractivity contribution in [2.75, 3.05) is 0 Å². The van der Waals surface area contributed by atoms with Crippen molar-refractivity contribution in [2.24, 2.45) is 0 Å². The summed E-state index contributed by atoms with van der Waals surface area (Å²) in [7, 11) is 0. The molecule has 0 saturated heterocycles. The van der Waals surface area contributed by atoms with Crippen LogP contribution in [0.3, 0.4) is 0 Å². The third kappa shape index (κ3) is 2.94. The molecule has 0 aromatic heterocycles. The topological polar surface area (TPSA) is 72.9 Å². The Kier molecular flexibility index (Phi) is 4.08. The van der Waals surface area contributed by atoms with E-state index in [4.69, 9.17) is 9.32 Å². The van der Waals surface area contributed by atoms with Crippen LogP contribution < -0.4 is 0 Å². The molecule has 0 spiro atoms. The summed E-state index contributed by atoms with van der Waals surface area (Å²) >= 11 is -1.96. The fraction of sp³-hybridized carbons (Fsp3) is 0.125. The third-order valence-electron chi connectivity index (χ3n) is 3.38. The van der Waals surface area contributed by atoms with E-state index in [1.165, 1.54) is 0 Å². The maximum Gasteiger partial charge on any atom is 0.288 e. The Hall–Kier alpha value is -2.35. The Morgan fingerprint density at radius 1 is 0.870 bits per heavy atom. The fourth-order valence-electron chi connectivity index (χ4n) is 2.15. The Labute approximate surface area is 135 Å². The van der Waals surface area contributed by atoms with Crippen molar-refractivity contribution in [3.63, 3.8) is 0 Å². The highest BCUT2D eigenvalue weighted by Gasteiger charge is 2.38. The Morgan fingerprint density at radius 3 is 2.17 bits per heavy atom. The summed E-state index contributed by atoms with van der Waals surface area (Å²) in [6, 6.07) is 11.6. The average molecular weight is 331 g/mol. The van der Waals surface area contributed by atoms with E-state index in [1.54, 1.807) is 42.5 Å². The van der Waals surface area contributed by atoms with Gasteiger partial charge in [0.15, 0.2) is 0 Å². The summed E-state index contributed by atoms with van der Waals surface area (Å²) in [6.45, 7) is 3.70. The predicted octanol–water partition coefficient (Wildman–Crippen LogP) is 2.49. The molecular weight excluding hydrogens is 318 g/mol. The number of imide groups is 1. The first kappa shape index (κ1) is 15.5. The molecule has 0 saturated carbocycles. The van der Waals surface area contributed by atoms with Crippen LogP contribution in [-0.2, 0) is 20.4 Å². The van der Waals surface area contributed by atoms with Crippen molar-refractivity contribution >= 4 is 22.9 Å². The van der Waals surface area contributed by atoms with E-state index in [2.05, 4.69) is 0 Å². The molecule has 118 valence electrons. The first-order valence-electron chi connectivity index (χ1n) is 6.80. The molecule has 6 nitrogen and oxygen atoms in total. The first-order valence-corrected chi connectivity index (χ1v) is 7.88. The molecule has 23 heavy (non-hydrogen) atoms. The molecule has 2 aromatic rings. The van der Waals surface area contributed by atoms with Gasteiger partial charge in [-0.05, 0) is 38.1 Å². The monoisotopic (exact) mass is 331 g/mol. The van der Waals surface area contributed by atoms with E-state index in [0.29, 0.717) is 9.96 Å². The van der Waals surface area contributed by atoms with Crippen LogP contribution in [0.25, 0.3) is 0 Å². The van der Waals surface area contributed by atoms with Crippen LogP contribution >= 0.6 is 0 Å². The second-order valence-corrected chi connectivity index (χ2v) is 6.22. The van der Waals surface area contributed by atoms with Crippen LogP contribution in [-0.4, -0.2) is 21.1 Å². The van der Waals surface area contributed by atoms with Gasteiger partial charge in [-0.3, -0.25) is 9.59 Å². The SMILES string of the molecule is Cc1ccc(S(=O)OON2C(=O)c3ccc(C)cc3C2=O)cc1. The molecule has 1 atom stereocenters. The number of carbonyl (C=O) groups is 2. The number of fused-ring (bicyclic) bond motifs is 1. The number of aryl methyl sites for hydroxylation is 2. The van der Waals surface area contributed by atoms with Gasteiger partial charge in [0.2, 0.25) is 11.1 Å². The summed E-state index contributed by atoms with van der Waals surface area (Å²) in [5.74, 6) is -1.29. The quantitative estimate of drug-likeness (QED) is 0.489. The van der Waals surface area contributed by atoms with Crippen LogP contribution in [0, 0.1) is 13.8 Å². The van der Waals surface area contributed by atoms with Gasteiger partial charge in [0.1, 0.15) is 0 Å². The molecule has 0 bridgehead atoms. The van der Waals surface area contributed by atoms with Gasteiger partial charge in [-0.1, -0.05) is 34.3 Å². The maximum atomic E-state index is 12.2. The van der Waals surface area contributed by atoms with Crippen LogP contribution in [0.2, 0.25) is 0 Å². The van der Waals surface area contributed by atoms with E-state index in [0.717, 1.165) is 11.1 Å². The van der Waals surface area contributed by atoms with Gasteiger partial charge < -0.3 is 0 Å². The number of rotatable bonds is 4. The van der Waals surface area contributed by atoms with Crippen molar-refractivity contribution in [1.29, 1.82) is 0 Å². The lowest BCUT2D eigenvalue weighted by Crippen LogP contribution is -2.30. The normalized spacial score (nSPS) is 15.0. The van der Waals surface area contributed by atoms with Gasteiger partial charge in [0, 0.05) is 0 Å². The minimum Gasteiger partial charge on any atom is -0.266 e. The van der Waals surface area contributed by atoms with Gasteiger partial charge >= 0.3 is 0 Å². The third-order valence-corrected chi connectivity index (χ3v) is 4.23. The number of hydrogen-bond acceptors (Lipinski definition) is 5. The van der Waals surface area contributed by atoms with Crippen LogP contribution in [0.1, 0.15) is 31.8 Å². The van der Waals surface area contributed by atoms with Crippen LogP contribution in [0.4, 0.5) is 0 Å². The Bertz CT molecular complexity index is 816. The molecule has 1 heterocycles. The lowest BCUT2D eigenvalue weighted by molar-refractivity contribution is -0.312. The summed E-state index contributed by atoms with van der Waals surface area (Å²) < 4.78 is 16.7. The number of nitrogens with zero attached hydrogens (tertiary/aromatic N) is 1. The zero-order chi connectivity index (χ0) is 16.6. The minimum atomic E-state index is -1.96. The summed E-state index contributed by atoms with van der Waals surface area (Å²) in [4.78, 5) is 29.4. The van der Waals surface area contributed by atoms with Crippen molar-refractivity contribution in [3.8, 4) is 0 Å². The number of hydroxylamine groups is 2. The summed E-state index contributed by atoms with van der Waals surface area (Å²) in [5, 5.41) is 0.468. The molecule has 7 heteroatoms. The van der Waals surface area contributed by atoms with E-state index in [9.17, 15) is 13.8 Å². The van der Waals surface area contributed by atoms with Crippen LogP contribution in [0.15, 0.2) is 47.4 Å². The molecule has 0 aliphatic carbocycles. The smallest absolute Gasteiger partial charge is 0.266 e. The molecule has 0 N–H and O–H groups in total. The highest BCUT2D eigenvalue weighted by molar-refractivity contribution is 7.80. The molecular formula is C16H13NO5S. The second kappa shape index (κ2) is 6.04. The zero-order valence-electron chi connectivity index (χ0n) is 12.4. The molecule has 1 aliphatic heterocycles. The minimum absolute atomic E-state index is 0.227. The summed E-state index contributed by atoms with van der Waals surface area (Å²) in [6.07, 6.45) is 0. The second-order valence-electron chi connectivity index (χ2n) is 5.14. The lowest BCUT2D eigenvalue weighted by atomic mass is 10.1. The fourth-order valence-corrected chi connectivity index (χ4v) is 2.70. The number of hydrogen-bond donors (Lipinski definition) is 0. The van der Waals surface area contributed by atoms with Crippen molar-refractivity contribution in [3.05, 3.63) is 64.7 Å². The van der Waals surface area contributed by atoms with E-state index >= 15 is 0 Å². The number of amides is 2. The maximum absolute atomic E-state index is 12.2. The Morgan fingerprint density at radius 2 is 1.48 bits per heavy atom. The molecule has 2 aromatic carbocycles. The van der Waals surface area contributed by atoms with Crippen molar-refractivity contribution in [2.45, 2.75) is 18.7 Å². The van der Waals surface area contributed by atoms with Crippen LogP contribution in [0.5, 0.6) is 0 Å². The molecule has 0 radical (unpaired) electrons. The molecule has 1 aliphatic rings. The van der Waals surface area contributed by atoms with Gasteiger partial charge in [-0.2, -0.15) is 0 Å². The summed E-state index contributed by atoms with van der Waals surface area (Å²) in [5.41, 5.74) is 2.31. The standard InChI is InChI=1S/C16H13NO5S/c1-10-3-6-12(7-4-10)23(20)22-21-17-15(18)13-8-5-11(2)9-14(13)16(17)19/h3-9H,1-2H3.